The number of nitrogens with zero attached hydrogens (tertiary/aromatic N) is 1. The van der Waals surface area contributed by atoms with Crippen LogP contribution in [0.25, 0.3) is 0 Å². The minimum atomic E-state index is -0.524. The molecule has 0 unspecified atom stereocenters. The van der Waals surface area contributed by atoms with Gasteiger partial charge < -0.3 is 14.5 Å². The van der Waals surface area contributed by atoms with Crippen molar-refractivity contribution in [2.75, 3.05) is 5.32 Å². The number of furan rings is 1. The number of hydrogen-bond acceptors (Lipinski definition) is 6. The van der Waals surface area contributed by atoms with Crippen LogP contribution < -0.4 is 10.1 Å². The van der Waals surface area contributed by atoms with Crippen LogP contribution in [0.2, 0.25) is 5.02 Å². The van der Waals surface area contributed by atoms with Gasteiger partial charge in [0, 0.05) is 32.6 Å². The summed E-state index contributed by atoms with van der Waals surface area (Å²) in [5, 5.41) is 14.7. The predicted octanol–water partition coefficient (Wildman–Crippen LogP) is 7.13. The van der Waals surface area contributed by atoms with Crippen molar-refractivity contribution in [2.24, 2.45) is 0 Å². The molecule has 0 fully saturated rings. The average molecular weight is 495 g/mol. The van der Waals surface area contributed by atoms with Gasteiger partial charge in [-0.2, -0.15) is 0 Å². The molecule has 0 aliphatic heterocycles. The van der Waals surface area contributed by atoms with Crippen LogP contribution in [0.15, 0.2) is 93.1 Å². The van der Waals surface area contributed by atoms with Crippen molar-refractivity contribution >= 4 is 40.6 Å². The van der Waals surface area contributed by atoms with Crippen molar-refractivity contribution in [1.82, 2.24) is 0 Å². The van der Waals surface area contributed by atoms with Gasteiger partial charge in [0.25, 0.3) is 11.6 Å². The highest BCUT2D eigenvalue weighted by molar-refractivity contribution is 7.99. The quantitative estimate of drug-likeness (QED) is 0.207. The molecular weight excluding hydrogens is 476 g/mol. The second-order valence-electron chi connectivity index (χ2n) is 7.35. The number of nitro groups is 1. The molecule has 0 spiro atoms. The van der Waals surface area contributed by atoms with Crippen molar-refractivity contribution in [3.05, 3.63) is 111 Å². The molecule has 0 aliphatic rings. The lowest BCUT2D eigenvalue weighted by Crippen LogP contribution is -2.11. The SMILES string of the molecule is Cc1ccc(Sc2cc(NC(=O)c3ccc(COc4ccc(Cl)cc4)o3)cc([N+](=O)[O-])c2)cc1. The Kier molecular flexibility index (Phi) is 7.20. The molecule has 4 aromatic rings. The zero-order valence-corrected chi connectivity index (χ0v) is 19.6. The summed E-state index contributed by atoms with van der Waals surface area (Å²) in [6.07, 6.45) is 0. The molecule has 0 aliphatic carbocycles. The lowest BCUT2D eigenvalue weighted by molar-refractivity contribution is -0.385. The van der Waals surface area contributed by atoms with E-state index in [0.29, 0.717) is 27.1 Å². The lowest BCUT2D eigenvalue weighted by atomic mass is 10.2. The molecule has 1 N–H and O–H groups in total. The fourth-order valence-corrected chi connectivity index (χ4v) is 4.05. The highest BCUT2D eigenvalue weighted by Gasteiger charge is 2.16. The minimum Gasteiger partial charge on any atom is -0.486 e. The second kappa shape index (κ2) is 10.5. The summed E-state index contributed by atoms with van der Waals surface area (Å²) in [6, 6.07) is 22.3. The number of anilines is 1. The number of hydrogen-bond donors (Lipinski definition) is 1. The summed E-state index contributed by atoms with van der Waals surface area (Å²) in [5.74, 6) is 0.607. The molecule has 172 valence electrons. The number of aryl methyl sites for hydroxylation is 1. The van der Waals surface area contributed by atoms with Crippen molar-refractivity contribution in [1.29, 1.82) is 0 Å². The highest BCUT2D eigenvalue weighted by atomic mass is 35.5. The van der Waals surface area contributed by atoms with Gasteiger partial charge in [-0.25, -0.2) is 0 Å². The Morgan fingerprint density at radius 2 is 1.76 bits per heavy atom. The monoisotopic (exact) mass is 494 g/mol. The number of halogens is 1. The van der Waals surface area contributed by atoms with Gasteiger partial charge in [-0.3, -0.25) is 14.9 Å². The molecule has 0 atom stereocenters. The molecule has 1 amide bonds. The molecule has 0 radical (unpaired) electrons. The van der Waals surface area contributed by atoms with Crippen LogP contribution in [0.5, 0.6) is 5.75 Å². The summed E-state index contributed by atoms with van der Waals surface area (Å²) in [7, 11) is 0. The molecular formula is C25H19ClN2O5S. The average Bonchev–Trinajstić information content (AvgIpc) is 3.29. The Morgan fingerprint density at radius 1 is 1.03 bits per heavy atom. The molecule has 1 heterocycles. The number of amides is 1. The number of rotatable bonds is 8. The van der Waals surface area contributed by atoms with Gasteiger partial charge in [0.2, 0.25) is 0 Å². The van der Waals surface area contributed by atoms with Gasteiger partial charge in [-0.15, -0.1) is 0 Å². The first kappa shape index (κ1) is 23.4. The first-order chi connectivity index (χ1) is 16.4. The number of nitrogens with one attached hydrogen (secondary N) is 1. The first-order valence-electron chi connectivity index (χ1n) is 10.2. The van der Waals surface area contributed by atoms with Gasteiger partial charge in [0.15, 0.2) is 5.76 Å². The van der Waals surface area contributed by atoms with Crippen LogP contribution >= 0.6 is 23.4 Å². The largest absolute Gasteiger partial charge is 0.486 e. The highest BCUT2D eigenvalue weighted by Crippen LogP contribution is 2.33. The smallest absolute Gasteiger partial charge is 0.291 e. The molecule has 3 aromatic carbocycles. The number of carbonyl (C=O) groups excluding carboxylic acids is 1. The summed E-state index contributed by atoms with van der Waals surface area (Å²) in [4.78, 5) is 25.2. The van der Waals surface area contributed by atoms with Gasteiger partial charge in [-0.1, -0.05) is 41.1 Å². The maximum Gasteiger partial charge on any atom is 0.291 e. The van der Waals surface area contributed by atoms with E-state index >= 15 is 0 Å². The molecule has 34 heavy (non-hydrogen) atoms. The molecule has 0 saturated carbocycles. The van der Waals surface area contributed by atoms with E-state index in [9.17, 15) is 14.9 Å². The van der Waals surface area contributed by atoms with E-state index in [2.05, 4.69) is 5.32 Å². The minimum absolute atomic E-state index is 0.0638. The van der Waals surface area contributed by atoms with Crippen LogP contribution in [-0.4, -0.2) is 10.8 Å². The number of nitro benzene ring substituents is 1. The summed E-state index contributed by atoms with van der Waals surface area (Å²) in [6.45, 7) is 2.11. The Bertz CT molecular complexity index is 1320. The second-order valence-corrected chi connectivity index (χ2v) is 8.93. The van der Waals surface area contributed by atoms with Gasteiger partial charge in [-0.05, 0) is 61.5 Å². The van der Waals surface area contributed by atoms with Gasteiger partial charge in [0.1, 0.15) is 18.1 Å². The van der Waals surface area contributed by atoms with Crippen molar-refractivity contribution < 1.29 is 18.9 Å². The zero-order valence-electron chi connectivity index (χ0n) is 18.0. The summed E-state index contributed by atoms with van der Waals surface area (Å²) < 4.78 is 11.2. The predicted molar refractivity (Wildman–Crippen MR) is 131 cm³/mol. The van der Waals surface area contributed by atoms with E-state index in [1.807, 2.05) is 31.2 Å². The number of benzene rings is 3. The molecule has 9 heteroatoms. The topological polar surface area (TPSA) is 94.6 Å². The van der Waals surface area contributed by atoms with Crippen molar-refractivity contribution in [3.8, 4) is 5.75 Å². The van der Waals surface area contributed by atoms with Crippen LogP contribution in [0.3, 0.4) is 0 Å². The standard InChI is InChI=1S/C25H19ClN2O5S/c1-16-2-9-22(10-3-16)34-23-13-18(12-19(14-23)28(30)31)27-25(29)24-11-8-21(33-24)15-32-20-6-4-17(26)5-7-20/h2-14H,15H2,1H3,(H,27,29). The molecule has 4 rings (SSSR count). The van der Waals surface area contributed by atoms with Crippen molar-refractivity contribution in [3.63, 3.8) is 0 Å². The zero-order chi connectivity index (χ0) is 24.1. The van der Waals surface area contributed by atoms with Crippen LogP contribution in [-0.2, 0) is 6.61 Å². The first-order valence-corrected chi connectivity index (χ1v) is 11.4. The molecule has 0 bridgehead atoms. The van der Waals surface area contributed by atoms with Crippen LogP contribution in [0, 0.1) is 17.0 Å². The lowest BCUT2D eigenvalue weighted by Gasteiger charge is -2.08. The Morgan fingerprint density at radius 3 is 2.47 bits per heavy atom. The fraction of sp³-hybridized carbons (Fsp3) is 0.0800. The molecule has 7 nitrogen and oxygen atoms in total. The van der Waals surface area contributed by atoms with Gasteiger partial charge >= 0.3 is 0 Å². The molecule has 1 aromatic heterocycles. The normalized spacial score (nSPS) is 10.6. The van der Waals surface area contributed by atoms with Crippen molar-refractivity contribution in [2.45, 2.75) is 23.3 Å². The van der Waals surface area contributed by atoms with Gasteiger partial charge in [0.05, 0.1) is 4.92 Å². The maximum absolute atomic E-state index is 12.7. The van der Waals surface area contributed by atoms with Crippen LogP contribution in [0.1, 0.15) is 21.9 Å². The molecule has 0 saturated heterocycles. The number of ether oxygens (including phenoxy) is 1. The van der Waals surface area contributed by atoms with E-state index in [1.54, 1.807) is 36.4 Å². The summed E-state index contributed by atoms with van der Waals surface area (Å²) in [5.41, 5.74) is 1.29. The van der Waals surface area contributed by atoms with E-state index in [0.717, 1.165) is 10.5 Å². The number of non-ortho nitro benzene ring substituents is 1. The third-order valence-corrected chi connectivity index (χ3v) is 5.93. The Hall–Kier alpha value is -3.75. The van der Waals surface area contributed by atoms with E-state index in [4.69, 9.17) is 20.8 Å². The third-order valence-electron chi connectivity index (χ3n) is 4.70. The Labute approximate surface area is 204 Å². The third kappa shape index (κ3) is 6.18. The van der Waals surface area contributed by atoms with Crippen LogP contribution in [0.4, 0.5) is 11.4 Å². The number of carbonyl (C=O) groups is 1. The summed E-state index contributed by atoms with van der Waals surface area (Å²) >= 11 is 7.23. The Balaban J connectivity index is 1.45. The fourth-order valence-electron chi connectivity index (χ4n) is 3.02. The van der Waals surface area contributed by atoms with E-state index < -0.39 is 10.8 Å². The van der Waals surface area contributed by atoms with E-state index in [-0.39, 0.29) is 18.1 Å². The van der Waals surface area contributed by atoms with E-state index in [1.165, 1.54) is 30.0 Å². The maximum atomic E-state index is 12.7.